The highest BCUT2D eigenvalue weighted by Crippen LogP contribution is 2.23. The summed E-state index contributed by atoms with van der Waals surface area (Å²) < 4.78 is 0. The second kappa shape index (κ2) is 7.07. The highest BCUT2D eigenvalue weighted by molar-refractivity contribution is 5.95. The summed E-state index contributed by atoms with van der Waals surface area (Å²) in [5.41, 5.74) is 7.21. The third-order valence-corrected chi connectivity index (χ3v) is 4.52. The summed E-state index contributed by atoms with van der Waals surface area (Å²) in [6, 6.07) is 11.6. The van der Waals surface area contributed by atoms with Crippen molar-refractivity contribution < 1.29 is 4.79 Å². The summed E-state index contributed by atoms with van der Waals surface area (Å²) in [6.07, 6.45) is 1.02. The van der Waals surface area contributed by atoms with E-state index in [4.69, 9.17) is 5.73 Å². The monoisotopic (exact) mass is 319 g/mol. The van der Waals surface area contributed by atoms with Gasteiger partial charge < -0.3 is 10.6 Å². The third kappa shape index (κ3) is 3.23. The minimum atomic E-state index is 0. The van der Waals surface area contributed by atoms with Crippen molar-refractivity contribution in [2.75, 3.05) is 19.6 Å². The molecule has 1 aliphatic rings. The number of hydrogen-bond donors (Lipinski definition) is 1. The first kappa shape index (κ1) is 16.7. The van der Waals surface area contributed by atoms with E-state index in [-0.39, 0.29) is 18.3 Å². The van der Waals surface area contributed by atoms with Crippen LogP contribution in [0.5, 0.6) is 0 Å². The van der Waals surface area contributed by atoms with Crippen LogP contribution in [-0.4, -0.2) is 35.4 Å². The first-order chi connectivity index (χ1) is 10.2. The number of likely N-dealkylation sites (tertiary alicyclic amines) is 1. The van der Waals surface area contributed by atoms with Gasteiger partial charge in [0.2, 0.25) is 0 Å². The average molecular weight is 320 g/mol. The molecule has 2 atom stereocenters. The van der Waals surface area contributed by atoms with E-state index in [1.807, 2.05) is 41.3 Å². The number of piperidine rings is 1. The van der Waals surface area contributed by atoms with Crippen LogP contribution in [0, 0.1) is 11.8 Å². The van der Waals surface area contributed by atoms with E-state index in [1.165, 1.54) is 0 Å². The van der Waals surface area contributed by atoms with Crippen LogP contribution in [0.3, 0.4) is 0 Å². The zero-order chi connectivity index (χ0) is 14.8. The van der Waals surface area contributed by atoms with Gasteiger partial charge >= 0.3 is 0 Å². The van der Waals surface area contributed by atoms with E-state index in [0.29, 0.717) is 24.1 Å². The lowest BCUT2D eigenvalue weighted by Crippen LogP contribution is -2.45. The Hall–Kier alpha value is -1.65. The minimum absolute atomic E-state index is 0. The summed E-state index contributed by atoms with van der Waals surface area (Å²) in [6.45, 7) is 4.39. The largest absolute Gasteiger partial charge is 0.337 e. The molecule has 4 nitrogen and oxygen atoms in total. The summed E-state index contributed by atoms with van der Waals surface area (Å²) in [7, 11) is 0. The molecule has 118 valence electrons. The molecule has 0 bridgehead atoms. The molecule has 1 aliphatic heterocycles. The van der Waals surface area contributed by atoms with Gasteiger partial charge in [-0.2, -0.15) is 0 Å². The van der Waals surface area contributed by atoms with Crippen LogP contribution in [0.4, 0.5) is 0 Å². The van der Waals surface area contributed by atoms with Crippen molar-refractivity contribution >= 4 is 29.2 Å². The summed E-state index contributed by atoms with van der Waals surface area (Å²) >= 11 is 0. The Morgan fingerprint density at radius 2 is 2.09 bits per heavy atom. The number of aromatic nitrogens is 1. The lowest BCUT2D eigenvalue weighted by molar-refractivity contribution is 0.0613. The Morgan fingerprint density at radius 1 is 1.32 bits per heavy atom. The van der Waals surface area contributed by atoms with E-state index in [1.54, 1.807) is 0 Å². The Morgan fingerprint density at radius 3 is 2.86 bits per heavy atom. The Kier molecular flexibility index (Phi) is 5.37. The zero-order valence-corrected chi connectivity index (χ0v) is 13.6. The molecule has 1 aromatic heterocycles. The normalized spacial score (nSPS) is 21.5. The highest BCUT2D eigenvalue weighted by atomic mass is 35.5. The Labute approximate surface area is 137 Å². The van der Waals surface area contributed by atoms with Crippen LogP contribution in [0.25, 0.3) is 10.9 Å². The molecular weight excluding hydrogens is 298 g/mol. The smallest absolute Gasteiger partial charge is 0.272 e. The highest BCUT2D eigenvalue weighted by Gasteiger charge is 2.28. The number of para-hydroxylation sites is 1. The van der Waals surface area contributed by atoms with Gasteiger partial charge in [-0.25, -0.2) is 4.98 Å². The van der Waals surface area contributed by atoms with Crippen LogP contribution in [0.2, 0.25) is 0 Å². The number of nitrogens with zero attached hydrogens (tertiary/aromatic N) is 2. The first-order valence-corrected chi connectivity index (χ1v) is 7.54. The first-order valence-electron chi connectivity index (χ1n) is 7.54. The van der Waals surface area contributed by atoms with Crippen LogP contribution in [-0.2, 0) is 0 Å². The van der Waals surface area contributed by atoms with Crippen molar-refractivity contribution in [3.8, 4) is 0 Å². The topological polar surface area (TPSA) is 59.2 Å². The predicted molar refractivity (Wildman–Crippen MR) is 91.2 cm³/mol. The number of hydrogen-bond acceptors (Lipinski definition) is 3. The quantitative estimate of drug-likeness (QED) is 0.926. The molecular formula is C17H22ClN3O. The minimum Gasteiger partial charge on any atom is -0.337 e. The number of carbonyl (C=O) groups is 1. The van der Waals surface area contributed by atoms with E-state index >= 15 is 0 Å². The molecule has 0 saturated carbocycles. The number of benzene rings is 1. The van der Waals surface area contributed by atoms with Crippen LogP contribution in [0.1, 0.15) is 23.8 Å². The molecule has 0 aliphatic carbocycles. The maximum Gasteiger partial charge on any atom is 0.272 e. The fraction of sp³-hybridized carbons (Fsp3) is 0.412. The maximum absolute atomic E-state index is 12.6. The standard InChI is InChI=1S/C17H21N3O.ClH/c1-12-8-9-20(11-14(12)10-18)17(21)16-7-6-13-4-2-3-5-15(13)19-16;/h2-7,12,14H,8-11,18H2,1H3;1H. The summed E-state index contributed by atoms with van der Waals surface area (Å²) in [5.74, 6) is 0.998. The second-order valence-corrected chi connectivity index (χ2v) is 5.90. The fourth-order valence-corrected chi connectivity index (χ4v) is 2.99. The van der Waals surface area contributed by atoms with E-state index in [2.05, 4.69) is 11.9 Å². The molecule has 22 heavy (non-hydrogen) atoms. The average Bonchev–Trinajstić information content (AvgIpc) is 2.54. The molecule has 1 saturated heterocycles. The molecule has 1 amide bonds. The molecule has 5 heteroatoms. The molecule has 2 aromatic rings. The molecule has 0 radical (unpaired) electrons. The van der Waals surface area contributed by atoms with Crippen LogP contribution in [0.15, 0.2) is 36.4 Å². The molecule has 1 fully saturated rings. The molecule has 3 rings (SSSR count). The van der Waals surface area contributed by atoms with E-state index < -0.39 is 0 Å². The fourth-order valence-electron chi connectivity index (χ4n) is 2.99. The van der Waals surface area contributed by atoms with Gasteiger partial charge in [-0.1, -0.05) is 31.2 Å². The summed E-state index contributed by atoms with van der Waals surface area (Å²) in [4.78, 5) is 19.0. The lowest BCUT2D eigenvalue weighted by Gasteiger charge is -2.36. The number of fused-ring (bicyclic) bond motifs is 1. The number of rotatable bonds is 2. The maximum atomic E-state index is 12.6. The van der Waals surface area contributed by atoms with Gasteiger partial charge in [0.1, 0.15) is 5.69 Å². The molecule has 2 N–H and O–H groups in total. The van der Waals surface area contributed by atoms with Gasteiger partial charge in [0, 0.05) is 18.5 Å². The number of pyridine rings is 1. The van der Waals surface area contributed by atoms with Gasteiger partial charge in [0.05, 0.1) is 5.52 Å². The van der Waals surface area contributed by atoms with E-state index in [0.717, 1.165) is 30.4 Å². The predicted octanol–water partition coefficient (Wildman–Crippen LogP) is 2.71. The third-order valence-electron chi connectivity index (χ3n) is 4.52. The Balaban J connectivity index is 0.00000176. The van der Waals surface area contributed by atoms with E-state index in [9.17, 15) is 4.79 Å². The SMILES string of the molecule is CC1CCN(C(=O)c2ccc3ccccc3n2)CC1CN.Cl. The van der Waals surface area contributed by atoms with Gasteiger partial charge in [0.25, 0.3) is 5.91 Å². The summed E-state index contributed by atoms with van der Waals surface area (Å²) in [5, 5.41) is 1.06. The van der Waals surface area contributed by atoms with Crippen molar-refractivity contribution in [1.82, 2.24) is 9.88 Å². The van der Waals surface area contributed by atoms with Crippen molar-refractivity contribution in [3.05, 3.63) is 42.1 Å². The van der Waals surface area contributed by atoms with Crippen molar-refractivity contribution in [2.24, 2.45) is 17.6 Å². The zero-order valence-electron chi connectivity index (χ0n) is 12.7. The number of amides is 1. The van der Waals surface area contributed by atoms with Gasteiger partial charge in [-0.15, -0.1) is 12.4 Å². The molecule has 0 spiro atoms. The number of carbonyl (C=O) groups excluding carboxylic acids is 1. The van der Waals surface area contributed by atoms with Crippen LogP contribution < -0.4 is 5.73 Å². The lowest BCUT2D eigenvalue weighted by atomic mass is 9.87. The second-order valence-electron chi connectivity index (χ2n) is 5.90. The molecule has 1 aromatic carbocycles. The van der Waals surface area contributed by atoms with Crippen molar-refractivity contribution in [2.45, 2.75) is 13.3 Å². The van der Waals surface area contributed by atoms with Gasteiger partial charge in [-0.3, -0.25) is 4.79 Å². The van der Waals surface area contributed by atoms with Crippen molar-refractivity contribution in [1.29, 1.82) is 0 Å². The molecule has 2 unspecified atom stereocenters. The molecule has 2 heterocycles. The number of nitrogens with two attached hydrogens (primary N) is 1. The number of halogens is 1. The van der Waals surface area contributed by atoms with Crippen LogP contribution >= 0.6 is 12.4 Å². The van der Waals surface area contributed by atoms with Crippen molar-refractivity contribution in [3.63, 3.8) is 0 Å². The van der Waals surface area contributed by atoms with Gasteiger partial charge in [0.15, 0.2) is 0 Å². The van der Waals surface area contributed by atoms with Gasteiger partial charge in [-0.05, 0) is 36.9 Å². The Bertz CT molecular complexity index is 661.